The van der Waals surface area contributed by atoms with Crippen LogP contribution in [0.3, 0.4) is 0 Å². The largest absolute Gasteiger partial charge is 0.497 e. The average Bonchev–Trinajstić information content (AvgIpc) is 2.63. The first-order chi connectivity index (χ1) is 11.7. The Kier molecular flexibility index (Phi) is 6.64. The van der Waals surface area contributed by atoms with E-state index in [0.717, 1.165) is 17.0 Å². The minimum atomic E-state index is -0.134. The molecule has 1 amide bonds. The molecule has 0 aromatic heterocycles. The second-order valence-electron chi connectivity index (χ2n) is 5.05. The van der Waals surface area contributed by atoms with E-state index in [-0.39, 0.29) is 12.5 Å². The van der Waals surface area contributed by atoms with Gasteiger partial charge < -0.3 is 20.7 Å². The SMILES string of the molecule is CN=C(NCC(=O)Nc1ccccc1)NCc1cccc(OC)c1. The van der Waals surface area contributed by atoms with Gasteiger partial charge in [-0.2, -0.15) is 0 Å². The number of nitrogens with one attached hydrogen (secondary N) is 3. The van der Waals surface area contributed by atoms with Gasteiger partial charge in [-0.1, -0.05) is 30.3 Å². The van der Waals surface area contributed by atoms with Gasteiger partial charge in [-0.25, -0.2) is 0 Å². The molecule has 0 aliphatic rings. The Labute approximate surface area is 141 Å². The predicted molar refractivity (Wildman–Crippen MR) is 96.3 cm³/mol. The van der Waals surface area contributed by atoms with Crippen molar-refractivity contribution in [2.24, 2.45) is 4.99 Å². The van der Waals surface area contributed by atoms with Gasteiger partial charge in [0.05, 0.1) is 13.7 Å². The summed E-state index contributed by atoms with van der Waals surface area (Å²) in [4.78, 5) is 16.0. The molecule has 0 fully saturated rings. The highest BCUT2D eigenvalue weighted by molar-refractivity contribution is 5.94. The summed E-state index contributed by atoms with van der Waals surface area (Å²) in [6.07, 6.45) is 0. The normalized spacial score (nSPS) is 10.8. The highest BCUT2D eigenvalue weighted by Crippen LogP contribution is 2.12. The molecule has 0 saturated carbocycles. The maximum Gasteiger partial charge on any atom is 0.243 e. The van der Waals surface area contributed by atoms with E-state index in [2.05, 4.69) is 20.9 Å². The first-order valence-corrected chi connectivity index (χ1v) is 7.63. The summed E-state index contributed by atoms with van der Waals surface area (Å²) in [5.74, 6) is 1.23. The van der Waals surface area contributed by atoms with Crippen molar-refractivity contribution in [2.75, 3.05) is 26.0 Å². The first kappa shape index (κ1) is 17.3. The van der Waals surface area contributed by atoms with E-state index < -0.39 is 0 Å². The Morgan fingerprint density at radius 1 is 1.08 bits per heavy atom. The molecular formula is C18H22N4O2. The van der Waals surface area contributed by atoms with Crippen molar-refractivity contribution in [3.05, 3.63) is 60.2 Å². The molecular weight excluding hydrogens is 304 g/mol. The Bertz CT molecular complexity index is 686. The van der Waals surface area contributed by atoms with Crippen LogP contribution in [0.5, 0.6) is 5.75 Å². The van der Waals surface area contributed by atoms with Gasteiger partial charge >= 0.3 is 0 Å². The first-order valence-electron chi connectivity index (χ1n) is 7.63. The maximum absolute atomic E-state index is 11.9. The lowest BCUT2D eigenvalue weighted by atomic mass is 10.2. The van der Waals surface area contributed by atoms with Crippen LogP contribution >= 0.6 is 0 Å². The molecule has 126 valence electrons. The minimum absolute atomic E-state index is 0.132. The summed E-state index contributed by atoms with van der Waals surface area (Å²) in [6, 6.07) is 17.1. The van der Waals surface area contributed by atoms with Crippen molar-refractivity contribution >= 4 is 17.6 Å². The van der Waals surface area contributed by atoms with Gasteiger partial charge in [0.25, 0.3) is 0 Å². The van der Waals surface area contributed by atoms with Gasteiger partial charge in [-0.15, -0.1) is 0 Å². The lowest BCUT2D eigenvalue weighted by Crippen LogP contribution is -2.41. The summed E-state index contributed by atoms with van der Waals surface area (Å²) in [5.41, 5.74) is 1.83. The van der Waals surface area contributed by atoms with Crippen LogP contribution in [0.25, 0.3) is 0 Å². The number of hydrogen-bond donors (Lipinski definition) is 3. The fourth-order valence-electron chi connectivity index (χ4n) is 2.08. The smallest absolute Gasteiger partial charge is 0.243 e. The zero-order chi connectivity index (χ0) is 17.2. The Balaban J connectivity index is 1.78. The molecule has 24 heavy (non-hydrogen) atoms. The summed E-state index contributed by atoms with van der Waals surface area (Å²) < 4.78 is 5.20. The molecule has 0 radical (unpaired) electrons. The third-order valence-corrected chi connectivity index (χ3v) is 3.29. The average molecular weight is 326 g/mol. The van der Waals surface area contributed by atoms with Crippen LogP contribution in [0.15, 0.2) is 59.6 Å². The summed E-state index contributed by atoms with van der Waals surface area (Å²) >= 11 is 0. The van der Waals surface area contributed by atoms with E-state index in [9.17, 15) is 4.79 Å². The predicted octanol–water partition coefficient (Wildman–Crippen LogP) is 2.00. The van der Waals surface area contributed by atoms with E-state index in [1.54, 1.807) is 14.2 Å². The molecule has 0 atom stereocenters. The molecule has 2 rings (SSSR count). The van der Waals surface area contributed by atoms with Crippen molar-refractivity contribution in [3.8, 4) is 5.75 Å². The molecule has 3 N–H and O–H groups in total. The van der Waals surface area contributed by atoms with Gasteiger partial charge in [0, 0.05) is 19.3 Å². The van der Waals surface area contributed by atoms with Gasteiger partial charge in [-0.05, 0) is 29.8 Å². The minimum Gasteiger partial charge on any atom is -0.497 e. The van der Waals surface area contributed by atoms with Crippen molar-refractivity contribution in [1.29, 1.82) is 0 Å². The summed E-state index contributed by atoms with van der Waals surface area (Å²) in [7, 11) is 3.30. The third kappa shape index (κ3) is 5.64. The lowest BCUT2D eigenvalue weighted by molar-refractivity contribution is -0.115. The highest BCUT2D eigenvalue weighted by Gasteiger charge is 2.04. The third-order valence-electron chi connectivity index (χ3n) is 3.29. The quantitative estimate of drug-likeness (QED) is 0.561. The number of ether oxygens (including phenoxy) is 1. The van der Waals surface area contributed by atoms with E-state index in [0.29, 0.717) is 12.5 Å². The second kappa shape index (κ2) is 9.19. The molecule has 0 bridgehead atoms. The van der Waals surface area contributed by atoms with Gasteiger partial charge in [0.15, 0.2) is 5.96 Å². The summed E-state index contributed by atoms with van der Waals surface area (Å²) in [5, 5.41) is 8.95. The van der Waals surface area contributed by atoms with Gasteiger partial charge in [0.2, 0.25) is 5.91 Å². The standard InChI is InChI=1S/C18H22N4O2/c1-19-18(20-12-14-7-6-10-16(11-14)24-2)21-13-17(23)22-15-8-4-3-5-9-15/h3-11H,12-13H2,1-2H3,(H,22,23)(H2,19,20,21). The topological polar surface area (TPSA) is 74.8 Å². The number of para-hydroxylation sites is 1. The molecule has 0 heterocycles. The molecule has 0 spiro atoms. The van der Waals surface area contributed by atoms with E-state index in [4.69, 9.17) is 4.74 Å². The fourth-order valence-corrected chi connectivity index (χ4v) is 2.08. The number of guanidine groups is 1. The Hall–Kier alpha value is -3.02. The number of methoxy groups -OCH3 is 1. The van der Waals surface area contributed by atoms with Crippen LogP contribution in [0.1, 0.15) is 5.56 Å². The van der Waals surface area contributed by atoms with Crippen LogP contribution in [-0.4, -0.2) is 32.6 Å². The number of hydrogen-bond acceptors (Lipinski definition) is 3. The van der Waals surface area contributed by atoms with Crippen LogP contribution in [0, 0.1) is 0 Å². The Morgan fingerprint density at radius 3 is 2.58 bits per heavy atom. The fraction of sp³-hybridized carbons (Fsp3) is 0.222. The zero-order valence-corrected chi connectivity index (χ0v) is 13.9. The molecule has 2 aromatic carbocycles. The molecule has 0 aliphatic carbocycles. The monoisotopic (exact) mass is 326 g/mol. The lowest BCUT2D eigenvalue weighted by Gasteiger charge is -2.12. The number of carbonyl (C=O) groups excluding carboxylic acids is 1. The highest BCUT2D eigenvalue weighted by atomic mass is 16.5. The zero-order valence-electron chi connectivity index (χ0n) is 13.9. The molecule has 0 aliphatic heterocycles. The molecule has 0 unspecified atom stereocenters. The van der Waals surface area contributed by atoms with Crippen molar-refractivity contribution < 1.29 is 9.53 Å². The number of nitrogens with zero attached hydrogens (tertiary/aromatic N) is 1. The molecule has 6 heteroatoms. The number of rotatable bonds is 6. The number of anilines is 1. The summed E-state index contributed by atoms with van der Waals surface area (Å²) in [6.45, 7) is 0.712. The number of benzene rings is 2. The van der Waals surface area contributed by atoms with Crippen LogP contribution in [-0.2, 0) is 11.3 Å². The maximum atomic E-state index is 11.9. The van der Waals surface area contributed by atoms with E-state index in [1.165, 1.54) is 0 Å². The number of carbonyl (C=O) groups is 1. The van der Waals surface area contributed by atoms with Crippen molar-refractivity contribution in [1.82, 2.24) is 10.6 Å². The van der Waals surface area contributed by atoms with Gasteiger partial charge in [-0.3, -0.25) is 9.79 Å². The number of aliphatic imine (C=N–C) groups is 1. The van der Waals surface area contributed by atoms with Crippen LogP contribution < -0.4 is 20.7 Å². The van der Waals surface area contributed by atoms with Gasteiger partial charge in [0.1, 0.15) is 5.75 Å². The number of amides is 1. The van der Waals surface area contributed by atoms with Crippen LogP contribution in [0.2, 0.25) is 0 Å². The van der Waals surface area contributed by atoms with Crippen molar-refractivity contribution in [2.45, 2.75) is 6.54 Å². The van der Waals surface area contributed by atoms with E-state index >= 15 is 0 Å². The Morgan fingerprint density at radius 2 is 1.88 bits per heavy atom. The molecule has 0 saturated heterocycles. The van der Waals surface area contributed by atoms with Crippen LogP contribution in [0.4, 0.5) is 5.69 Å². The molecule has 2 aromatic rings. The van der Waals surface area contributed by atoms with Crippen molar-refractivity contribution in [3.63, 3.8) is 0 Å². The van der Waals surface area contributed by atoms with E-state index in [1.807, 2.05) is 54.6 Å². The second-order valence-corrected chi connectivity index (χ2v) is 5.05. The molecule has 6 nitrogen and oxygen atoms in total.